The molecule has 100 valence electrons. The summed E-state index contributed by atoms with van der Waals surface area (Å²) in [6, 6.07) is 13.8. The highest BCUT2D eigenvalue weighted by molar-refractivity contribution is 5.57. The van der Waals surface area contributed by atoms with Gasteiger partial charge in [-0.05, 0) is 18.2 Å². The fourth-order valence-electron chi connectivity index (χ4n) is 1.97. The third-order valence-corrected chi connectivity index (χ3v) is 2.95. The average Bonchev–Trinajstić information content (AvgIpc) is 2.46. The second kappa shape index (κ2) is 6.20. The molecule has 0 radical (unpaired) electrons. The van der Waals surface area contributed by atoms with Crippen LogP contribution in [0.1, 0.15) is 11.6 Å². The van der Waals surface area contributed by atoms with Crippen molar-refractivity contribution in [3.05, 3.63) is 59.9 Å². The molecule has 4 heteroatoms. The van der Waals surface area contributed by atoms with Crippen molar-refractivity contribution in [2.75, 3.05) is 19.0 Å². The number of anilines is 1. The van der Waals surface area contributed by atoms with Gasteiger partial charge < -0.3 is 15.8 Å². The third kappa shape index (κ3) is 3.03. The predicted octanol–water partition coefficient (Wildman–Crippen LogP) is 2.95. The number of benzene rings is 2. The van der Waals surface area contributed by atoms with Crippen LogP contribution in [0.5, 0.6) is 5.75 Å². The van der Waals surface area contributed by atoms with E-state index in [1.807, 2.05) is 24.3 Å². The number of para-hydroxylation sites is 2. The summed E-state index contributed by atoms with van der Waals surface area (Å²) >= 11 is 0. The van der Waals surface area contributed by atoms with Crippen LogP contribution in [0, 0.1) is 5.82 Å². The Morgan fingerprint density at radius 3 is 2.53 bits per heavy atom. The van der Waals surface area contributed by atoms with Crippen LogP contribution in [0.3, 0.4) is 0 Å². The first-order valence-electron chi connectivity index (χ1n) is 6.10. The highest BCUT2D eigenvalue weighted by Gasteiger charge is 2.15. The minimum atomic E-state index is -0.294. The van der Waals surface area contributed by atoms with Crippen LogP contribution in [0.2, 0.25) is 0 Å². The largest absolute Gasteiger partial charge is 0.495 e. The Morgan fingerprint density at radius 1 is 1.16 bits per heavy atom. The Bertz CT molecular complexity index is 545. The number of rotatable bonds is 5. The fourth-order valence-corrected chi connectivity index (χ4v) is 1.97. The Morgan fingerprint density at radius 2 is 1.84 bits per heavy atom. The van der Waals surface area contributed by atoms with Crippen molar-refractivity contribution in [2.24, 2.45) is 5.73 Å². The van der Waals surface area contributed by atoms with Crippen LogP contribution in [-0.2, 0) is 0 Å². The lowest BCUT2D eigenvalue weighted by atomic mass is 10.1. The molecule has 0 spiro atoms. The van der Waals surface area contributed by atoms with E-state index in [0.29, 0.717) is 17.9 Å². The molecule has 19 heavy (non-hydrogen) atoms. The first kappa shape index (κ1) is 13.4. The van der Waals surface area contributed by atoms with Crippen LogP contribution in [0.4, 0.5) is 10.1 Å². The van der Waals surface area contributed by atoms with E-state index in [1.165, 1.54) is 6.07 Å². The van der Waals surface area contributed by atoms with E-state index >= 15 is 0 Å². The van der Waals surface area contributed by atoms with Gasteiger partial charge in [0.25, 0.3) is 0 Å². The number of ether oxygens (including phenoxy) is 1. The van der Waals surface area contributed by atoms with Gasteiger partial charge in [-0.25, -0.2) is 4.39 Å². The number of hydrogen-bond donors (Lipinski definition) is 2. The molecular weight excluding hydrogens is 243 g/mol. The fraction of sp³-hybridized carbons (Fsp3) is 0.200. The minimum absolute atomic E-state index is 0.264. The number of halogens is 1. The molecule has 0 aliphatic carbocycles. The molecule has 0 aliphatic rings. The Labute approximate surface area is 112 Å². The maximum Gasteiger partial charge on any atom is 0.141 e. The summed E-state index contributed by atoms with van der Waals surface area (Å²) in [7, 11) is 1.60. The van der Waals surface area contributed by atoms with E-state index in [9.17, 15) is 4.39 Å². The molecule has 3 N–H and O–H groups in total. The molecule has 0 aromatic heterocycles. The zero-order chi connectivity index (χ0) is 13.7. The molecule has 1 unspecified atom stereocenters. The summed E-state index contributed by atoms with van der Waals surface area (Å²) in [4.78, 5) is 0. The Balaban J connectivity index is 2.27. The summed E-state index contributed by atoms with van der Waals surface area (Å²) in [6.45, 7) is 0.291. The van der Waals surface area contributed by atoms with Crippen molar-refractivity contribution < 1.29 is 9.13 Å². The van der Waals surface area contributed by atoms with E-state index in [1.54, 1.807) is 25.3 Å². The lowest BCUT2D eigenvalue weighted by Gasteiger charge is -2.20. The molecule has 0 saturated heterocycles. The molecule has 3 nitrogen and oxygen atoms in total. The summed E-state index contributed by atoms with van der Waals surface area (Å²) in [5, 5.41) is 3.22. The normalized spacial score (nSPS) is 11.9. The van der Waals surface area contributed by atoms with Crippen molar-refractivity contribution in [3.8, 4) is 5.75 Å². The SMILES string of the molecule is COc1ccccc1NC(CN)c1ccccc1F. The number of nitrogens with one attached hydrogen (secondary N) is 1. The van der Waals surface area contributed by atoms with E-state index < -0.39 is 0 Å². The number of nitrogens with two attached hydrogens (primary N) is 1. The summed E-state index contributed by atoms with van der Waals surface area (Å²) in [5.74, 6) is 0.442. The molecule has 2 aromatic rings. The summed E-state index contributed by atoms with van der Waals surface area (Å²) < 4.78 is 19.0. The van der Waals surface area contributed by atoms with Gasteiger partial charge in [0.2, 0.25) is 0 Å². The molecule has 0 bridgehead atoms. The van der Waals surface area contributed by atoms with E-state index in [0.717, 1.165) is 5.69 Å². The maximum absolute atomic E-state index is 13.8. The predicted molar refractivity (Wildman–Crippen MR) is 74.8 cm³/mol. The van der Waals surface area contributed by atoms with Gasteiger partial charge in [-0.1, -0.05) is 30.3 Å². The van der Waals surface area contributed by atoms with Gasteiger partial charge in [-0.2, -0.15) is 0 Å². The second-order valence-corrected chi connectivity index (χ2v) is 4.15. The van der Waals surface area contributed by atoms with Gasteiger partial charge in [-0.15, -0.1) is 0 Å². The molecule has 0 aliphatic heterocycles. The average molecular weight is 260 g/mol. The van der Waals surface area contributed by atoms with Crippen LogP contribution in [0.15, 0.2) is 48.5 Å². The highest BCUT2D eigenvalue weighted by Crippen LogP contribution is 2.28. The zero-order valence-electron chi connectivity index (χ0n) is 10.8. The molecule has 0 saturated carbocycles. The smallest absolute Gasteiger partial charge is 0.141 e. The monoisotopic (exact) mass is 260 g/mol. The van der Waals surface area contributed by atoms with Crippen molar-refractivity contribution in [1.29, 1.82) is 0 Å². The minimum Gasteiger partial charge on any atom is -0.495 e. The van der Waals surface area contributed by atoms with Crippen LogP contribution in [-0.4, -0.2) is 13.7 Å². The van der Waals surface area contributed by atoms with Crippen LogP contribution >= 0.6 is 0 Å². The van der Waals surface area contributed by atoms with Crippen molar-refractivity contribution in [2.45, 2.75) is 6.04 Å². The zero-order valence-corrected chi connectivity index (χ0v) is 10.8. The Kier molecular flexibility index (Phi) is 4.36. The first-order valence-corrected chi connectivity index (χ1v) is 6.10. The van der Waals surface area contributed by atoms with E-state index in [4.69, 9.17) is 10.5 Å². The van der Waals surface area contributed by atoms with Gasteiger partial charge in [0.05, 0.1) is 18.8 Å². The number of hydrogen-bond acceptors (Lipinski definition) is 3. The quantitative estimate of drug-likeness (QED) is 0.869. The standard InChI is InChI=1S/C15H17FN2O/c1-19-15-9-5-4-8-13(15)18-14(10-17)11-6-2-3-7-12(11)16/h2-9,14,18H,10,17H2,1H3. The van der Waals surface area contributed by atoms with E-state index in [-0.39, 0.29) is 11.9 Å². The molecule has 0 heterocycles. The molecule has 2 rings (SSSR count). The third-order valence-electron chi connectivity index (χ3n) is 2.95. The molecule has 1 atom stereocenters. The van der Waals surface area contributed by atoms with Crippen LogP contribution < -0.4 is 15.8 Å². The highest BCUT2D eigenvalue weighted by atomic mass is 19.1. The summed E-state index contributed by atoms with van der Waals surface area (Å²) in [5.41, 5.74) is 7.09. The van der Waals surface area contributed by atoms with Crippen molar-refractivity contribution >= 4 is 5.69 Å². The topological polar surface area (TPSA) is 47.3 Å². The van der Waals surface area contributed by atoms with Gasteiger partial charge in [0.1, 0.15) is 11.6 Å². The van der Waals surface area contributed by atoms with Crippen LogP contribution in [0.25, 0.3) is 0 Å². The van der Waals surface area contributed by atoms with Gasteiger partial charge >= 0.3 is 0 Å². The van der Waals surface area contributed by atoms with Gasteiger partial charge in [0, 0.05) is 12.1 Å². The maximum atomic E-state index is 13.8. The molecule has 2 aromatic carbocycles. The molecular formula is C15H17FN2O. The lowest BCUT2D eigenvalue weighted by Crippen LogP contribution is -2.21. The van der Waals surface area contributed by atoms with Gasteiger partial charge in [-0.3, -0.25) is 0 Å². The lowest BCUT2D eigenvalue weighted by molar-refractivity contribution is 0.416. The Hall–Kier alpha value is -2.07. The van der Waals surface area contributed by atoms with E-state index in [2.05, 4.69) is 5.32 Å². The summed E-state index contributed by atoms with van der Waals surface area (Å²) in [6.07, 6.45) is 0. The van der Waals surface area contributed by atoms with Gasteiger partial charge in [0.15, 0.2) is 0 Å². The number of methoxy groups -OCH3 is 1. The van der Waals surface area contributed by atoms with Crippen molar-refractivity contribution in [1.82, 2.24) is 0 Å². The molecule has 0 amide bonds. The van der Waals surface area contributed by atoms with Crippen molar-refractivity contribution in [3.63, 3.8) is 0 Å². The second-order valence-electron chi connectivity index (χ2n) is 4.15. The first-order chi connectivity index (χ1) is 9.26. The molecule has 0 fully saturated rings.